The molecule has 1 aromatic heterocycles. The Balaban J connectivity index is 1.54. The lowest BCUT2D eigenvalue weighted by Crippen LogP contribution is -2.26. The minimum atomic E-state index is 0.854. The van der Waals surface area contributed by atoms with Crippen molar-refractivity contribution in [2.24, 2.45) is 11.8 Å². The lowest BCUT2D eigenvalue weighted by atomic mass is 10.1. The van der Waals surface area contributed by atoms with Crippen LogP contribution in [0.1, 0.15) is 19.8 Å². The molecule has 1 fully saturated rings. The summed E-state index contributed by atoms with van der Waals surface area (Å²) in [6.07, 6.45) is 6.73. The number of rotatable bonds is 6. The van der Waals surface area contributed by atoms with Crippen LogP contribution in [0.4, 0.5) is 0 Å². The maximum absolute atomic E-state index is 4.16. The van der Waals surface area contributed by atoms with Crippen molar-refractivity contribution in [1.29, 1.82) is 0 Å². The van der Waals surface area contributed by atoms with Gasteiger partial charge in [0.2, 0.25) is 0 Å². The summed E-state index contributed by atoms with van der Waals surface area (Å²) < 4.78 is 1.97. The Bertz CT molecular complexity index is 252. The Labute approximate surface area is 85.5 Å². The number of hydrogen-bond donors (Lipinski definition) is 1. The van der Waals surface area contributed by atoms with Crippen molar-refractivity contribution >= 4 is 0 Å². The van der Waals surface area contributed by atoms with Crippen molar-refractivity contribution < 1.29 is 0 Å². The molecule has 1 aromatic rings. The second-order valence-corrected chi connectivity index (χ2v) is 4.29. The Hall–Kier alpha value is -0.830. The first-order valence-corrected chi connectivity index (χ1v) is 5.54. The predicted molar refractivity (Wildman–Crippen MR) is 57.0 cm³/mol. The first-order valence-electron chi connectivity index (χ1n) is 5.54. The summed E-state index contributed by atoms with van der Waals surface area (Å²) in [6, 6.07) is 1.97. The van der Waals surface area contributed by atoms with Crippen molar-refractivity contribution in [2.45, 2.75) is 26.3 Å². The number of aromatic nitrogens is 2. The second-order valence-electron chi connectivity index (χ2n) is 4.29. The van der Waals surface area contributed by atoms with E-state index in [1.54, 1.807) is 0 Å². The van der Waals surface area contributed by atoms with Gasteiger partial charge < -0.3 is 5.32 Å². The van der Waals surface area contributed by atoms with E-state index in [4.69, 9.17) is 0 Å². The average molecular weight is 193 g/mol. The zero-order chi connectivity index (χ0) is 9.80. The van der Waals surface area contributed by atoms with E-state index in [0.29, 0.717) is 0 Å². The van der Waals surface area contributed by atoms with Crippen LogP contribution in [-0.2, 0) is 6.54 Å². The van der Waals surface area contributed by atoms with Gasteiger partial charge in [-0.05, 0) is 37.3 Å². The maximum atomic E-state index is 4.16. The SMILES string of the molecule is CC(CNCCn1cccn1)C1CC1. The lowest BCUT2D eigenvalue weighted by molar-refractivity contribution is 0.446. The molecular formula is C11H19N3. The smallest absolute Gasteiger partial charge is 0.0533 e. The van der Waals surface area contributed by atoms with E-state index in [9.17, 15) is 0 Å². The summed E-state index contributed by atoms with van der Waals surface area (Å²) in [5.74, 6) is 1.86. The van der Waals surface area contributed by atoms with Crippen LogP contribution in [0, 0.1) is 11.8 Å². The van der Waals surface area contributed by atoms with Crippen LogP contribution in [0.25, 0.3) is 0 Å². The predicted octanol–water partition coefficient (Wildman–Crippen LogP) is 1.52. The molecule has 1 heterocycles. The van der Waals surface area contributed by atoms with E-state index in [1.807, 2.05) is 23.1 Å². The van der Waals surface area contributed by atoms with Gasteiger partial charge in [0.25, 0.3) is 0 Å². The van der Waals surface area contributed by atoms with Crippen LogP contribution in [0.3, 0.4) is 0 Å². The molecule has 1 atom stereocenters. The third-order valence-electron chi connectivity index (χ3n) is 2.97. The molecule has 0 spiro atoms. The Kier molecular flexibility index (Phi) is 3.19. The molecule has 2 rings (SSSR count). The highest BCUT2D eigenvalue weighted by Gasteiger charge is 2.27. The van der Waals surface area contributed by atoms with Crippen molar-refractivity contribution in [3.8, 4) is 0 Å². The summed E-state index contributed by atoms with van der Waals surface area (Å²) >= 11 is 0. The van der Waals surface area contributed by atoms with Gasteiger partial charge in [-0.15, -0.1) is 0 Å². The van der Waals surface area contributed by atoms with E-state index in [0.717, 1.165) is 31.5 Å². The molecule has 14 heavy (non-hydrogen) atoms. The quantitative estimate of drug-likeness (QED) is 0.694. The van der Waals surface area contributed by atoms with Gasteiger partial charge in [-0.1, -0.05) is 6.92 Å². The Morgan fingerprint density at radius 3 is 3.07 bits per heavy atom. The highest BCUT2D eigenvalue weighted by atomic mass is 15.3. The van der Waals surface area contributed by atoms with Gasteiger partial charge in [0.05, 0.1) is 6.54 Å². The van der Waals surface area contributed by atoms with E-state index < -0.39 is 0 Å². The fourth-order valence-corrected chi connectivity index (χ4v) is 1.79. The third-order valence-corrected chi connectivity index (χ3v) is 2.97. The topological polar surface area (TPSA) is 29.9 Å². The molecule has 1 aliphatic carbocycles. The van der Waals surface area contributed by atoms with Crippen LogP contribution in [0.5, 0.6) is 0 Å². The summed E-state index contributed by atoms with van der Waals surface area (Å²) in [6.45, 7) is 5.51. The van der Waals surface area contributed by atoms with Gasteiger partial charge in [-0.3, -0.25) is 4.68 Å². The lowest BCUT2D eigenvalue weighted by Gasteiger charge is -2.11. The minimum Gasteiger partial charge on any atom is -0.315 e. The van der Waals surface area contributed by atoms with Crippen molar-refractivity contribution in [3.05, 3.63) is 18.5 Å². The number of nitrogens with zero attached hydrogens (tertiary/aromatic N) is 2. The van der Waals surface area contributed by atoms with Gasteiger partial charge >= 0.3 is 0 Å². The van der Waals surface area contributed by atoms with Gasteiger partial charge in [-0.25, -0.2) is 0 Å². The van der Waals surface area contributed by atoms with Gasteiger partial charge in [0.1, 0.15) is 0 Å². The highest BCUT2D eigenvalue weighted by molar-refractivity contribution is 4.80. The zero-order valence-corrected chi connectivity index (χ0v) is 8.82. The van der Waals surface area contributed by atoms with Gasteiger partial charge in [-0.2, -0.15) is 5.10 Å². The summed E-state index contributed by atoms with van der Waals surface area (Å²) in [5, 5.41) is 7.64. The highest BCUT2D eigenvalue weighted by Crippen LogP contribution is 2.35. The van der Waals surface area contributed by atoms with Crippen molar-refractivity contribution in [3.63, 3.8) is 0 Å². The average Bonchev–Trinajstić information content (AvgIpc) is 2.92. The second kappa shape index (κ2) is 4.60. The van der Waals surface area contributed by atoms with Crippen LogP contribution in [-0.4, -0.2) is 22.9 Å². The van der Waals surface area contributed by atoms with Gasteiger partial charge in [0, 0.05) is 18.9 Å². The molecule has 1 unspecified atom stereocenters. The molecule has 0 saturated heterocycles. The molecule has 78 valence electrons. The monoisotopic (exact) mass is 193 g/mol. The summed E-state index contributed by atoms with van der Waals surface area (Å²) in [4.78, 5) is 0. The van der Waals surface area contributed by atoms with E-state index in [-0.39, 0.29) is 0 Å². The molecule has 0 amide bonds. The normalized spacial score (nSPS) is 18.4. The summed E-state index contributed by atoms with van der Waals surface area (Å²) in [7, 11) is 0. The first-order chi connectivity index (χ1) is 6.86. The molecular weight excluding hydrogens is 174 g/mol. The fourth-order valence-electron chi connectivity index (χ4n) is 1.79. The van der Waals surface area contributed by atoms with Crippen molar-refractivity contribution in [2.75, 3.05) is 13.1 Å². The van der Waals surface area contributed by atoms with Crippen LogP contribution >= 0.6 is 0 Å². The maximum Gasteiger partial charge on any atom is 0.0533 e. The van der Waals surface area contributed by atoms with Crippen LogP contribution in [0.15, 0.2) is 18.5 Å². The standard InChI is InChI=1S/C11H19N3/c1-10(11-3-4-11)9-12-6-8-14-7-2-5-13-14/h2,5,7,10-12H,3-4,6,8-9H2,1H3. The largest absolute Gasteiger partial charge is 0.315 e. The van der Waals surface area contributed by atoms with Crippen molar-refractivity contribution in [1.82, 2.24) is 15.1 Å². The van der Waals surface area contributed by atoms with E-state index in [1.165, 1.54) is 12.8 Å². The zero-order valence-electron chi connectivity index (χ0n) is 8.82. The molecule has 0 aromatic carbocycles. The molecule has 0 radical (unpaired) electrons. The van der Waals surface area contributed by atoms with E-state index in [2.05, 4.69) is 17.3 Å². The van der Waals surface area contributed by atoms with Gasteiger partial charge in [0.15, 0.2) is 0 Å². The van der Waals surface area contributed by atoms with E-state index >= 15 is 0 Å². The van der Waals surface area contributed by atoms with Crippen LogP contribution < -0.4 is 5.32 Å². The molecule has 1 aliphatic rings. The molecule has 3 nitrogen and oxygen atoms in total. The third kappa shape index (κ3) is 2.84. The Morgan fingerprint density at radius 1 is 1.57 bits per heavy atom. The minimum absolute atomic E-state index is 0.854. The summed E-state index contributed by atoms with van der Waals surface area (Å²) in [5.41, 5.74) is 0. The van der Waals surface area contributed by atoms with Crippen LogP contribution in [0.2, 0.25) is 0 Å². The Morgan fingerprint density at radius 2 is 2.43 bits per heavy atom. The number of hydrogen-bond acceptors (Lipinski definition) is 2. The number of nitrogens with one attached hydrogen (secondary N) is 1. The molecule has 1 saturated carbocycles. The molecule has 3 heteroatoms. The fraction of sp³-hybridized carbons (Fsp3) is 0.727. The molecule has 1 N–H and O–H groups in total. The molecule has 0 aliphatic heterocycles. The molecule has 0 bridgehead atoms. The first kappa shape index (κ1) is 9.71.